The number of allylic oxidation sites excluding steroid dienone is 1. The van der Waals surface area contributed by atoms with Crippen molar-refractivity contribution in [3.63, 3.8) is 0 Å². The number of amides is 1. The van der Waals surface area contributed by atoms with Crippen LogP contribution in [0.25, 0.3) is 0 Å². The fourth-order valence-corrected chi connectivity index (χ4v) is 3.23. The van der Waals surface area contributed by atoms with Crippen molar-refractivity contribution in [3.8, 4) is 0 Å². The van der Waals surface area contributed by atoms with Gasteiger partial charge in [-0.2, -0.15) is 0 Å². The molecule has 0 aromatic heterocycles. The number of piperidine rings is 1. The van der Waals surface area contributed by atoms with Gasteiger partial charge >= 0.3 is 0 Å². The van der Waals surface area contributed by atoms with Crippen LogP contribution in [0.2, 0.25) is 10.0 Å². The first-order valence-corrected chi connectivity index (χ1v) is 10.0. The van der Waals surface area contributed by atoms with Crippen LogP contribution in [0.4, 0.5) is 0 Å². The quantitative estimate of drug-likeness (QED) is 0.478. The lowest BCUT2D eigenvalue weighted by Gasteiger charge is -2.39. The fraction of sp³-hybridized carbons (Fsp3) is 0.348. The summed E-state index contributed by atoms with van der Waals surface area (Å²) in [4.78, 5) is 14.0. The summed E-state index contributed by atoms with van der Waals surface area (Å²) in [6.07, 6.45) is 4.46. The van der Waals surface area contributed by atoms with Crippen molar-refractivity contribution in [2.75, 3.05) is 0 Å². The van der Waals surface area contributed by atoms with Crippen LogP contribution in [0.3, 0.4) is 0 Å². The zero-order valence-electron chi connectivity index (χ0n) is 16.4. The molecule has 2 nitrogen and oxygen atoms in total. The van der Waals surface area contributed by atoms with Crippen LogP contribution >= 0.6 is 23.2 Å². The molecule has 0 aliphatic carbocycles. The number of hydrogen-bond donors (Lipinski definition) is 0. The van der Waals surface area contributed by atoms with Crippen molar-refractivity contribution in [1.29, 1.82) is 0 Å². The minimum atomic E-state index is 0.216. The average molecular weight is 406 g/mol. The van der Waals surface area contributed by atoms with Gasteiger partial charge in [0.25, 0.3) is 0 Å². The van der Waals surface area contributed by atoms with Crippen LogP contribution in [0, 0.1) is 0 Å². The van der Waals surface area contributed by atoms with Crippen LogP contribution in [0.15, 0.2) is 67.3 Å². The molecule has 2 aromatic carbocycles. The third-order valence-electron chi connectivity index (χ3n) is 4.04. The van der Waals surface area contributed by atoms with E-state index < -0.39 is 0 Å². The van der Waals surface area contributed by atoms with Crippen LogP contribution in [0.5, 0.6) is 0 Å². The Morgan fingerprint density at radius 2 is 1.56 bits per heavy atom. The minimum absolute atomic E-state index is 0.216. The number of likely N-dealkylation sites (tertiary alicyclic amines) is 1. The summed E-state index contributed by atoms with van der Waals surface area (Å²) in [5.41, 5.74) is 1.19. The summed E-state index contributed by atoms with van der Waals surface area (Å²) in [7, 11) is 0. The maximum Gasteiger partial charge on any atom is 0.223 e. The molecule has 0 N–H and O–H groups in total. The molecule has 1 aliphatic heterocycles. The average Bonchev–Trinajstić information content (AvgIpc) is 2.64. The van der Waals surface area contributed by atoms with Crippen molar-refractivity contribution >= 4 is 29.1 Å². The van der Waals surface area contributed by atoms with Gasteiger partial charge < -0.3 is 4.90 Å². The number of nitrogens with zero attached hydrogens (tertiary/aromatic N) is 1. The Balaban J connectivity index is 0.000000301. The van der Waals surface area contributed by atoms with Gasteiger partial charge in [-0.3, -0.25) is 4.79 Å². The van der Waals surface area contributed by atoms with Crippen molar-refractivity contribution in [2.24, 2.45) is 0 Å². The normalized spacial score (nSPS) is 16.0. The topological polar surface area (TPSA) is 20.3 Å². The minimum Gasteiger partial charge on any atom is -0.333 e. The van der Waals surface area contributed by atoms with E-state index in [2.05, 4.69) is 20.4 Å². The Morgan fingerprint density at radius 3 is 2.00 bits per heavy atom. The van der Waals surface area contributed by atoms with Gasteiger partial charge in [0, 0.05) is 22.5 Å². The third kappa shape index (κ3) is 8.19. The standard InChI is InChI=1S/C14H18ClNO.C6H5Cl.C3H6/c1-10(2)16-13(4-3-5-14(16)17)11-6-8-12(15)9-7-11;7-6-4-2-1-3-5-6;1-3-2/h6-10,13H,3-5H2,1-2H3;1-5H;3H,1H2,2H3. The maximum absolute atomic E-state index is 12.0. The molecule has 1 fully saturated rings. The van der Waals surface area contributed by atoms with Crippen LogP contribution in [-0.4, -0.2) is 16.8 Å². The van der Waals surface area contributed by atoms with E-state index in [-0.39, 0.29) is 18.0 Å². The number of halogens is 2. The Labute approximate surface area is 173 Å². The highest BCUT2D eigenvalue weighted by Gasteiger charge is 2.30. The molecule has 1 atom stereocenters. The van der Waals surface area contributed by atoms with Crippen molar-refractivity contribution in [3.05, 3.63) is 82.9 Å². The molecule has 4 heteroatoms. The molecule has 0 saturated carbocycles. The summed E-state index contributed by atoms with van der Waals surface area (Å²) >= 11 is 11.4. The molecule has 1 heterocycles. The fourth-order valence-electron chi connectivity index (χ4n) is 2.96. The lowest BCUT2D eigenvalue weighted by atomic mass is 9.93. The number of hydrogen-bond acceptors (Lipinski definition) is 1. The molecule has 2 aromatic rings. The second-order valence-corrected chi connectivity index (χ2v) is 7.43. The predicted octanol–water partition coefficient (Wildman–Crippen LogP) is 7.33. The smallest absolute Gasteiger partial charge is 0.223 e. The Hall–Kier alpha value is -1.77. The van der Waals surface area contributed by atoms with E-state index in [1.165, 1.54) is 5.56 Å². The molecule has 1 unspecified atom stereocenters. The van der Waals surface area contributed by atoms with Gasteiger partial charge in [-0.25, -0.2) is 0 Å². The molecule has 27 heavy (non-hydrogen) atoms. The summed E-state index contributed by atoms with van der Waals surface area (Å²) in [5, 5.41) is 1.54. The molecule has 1 saturated heterocycles. The molecular formula is C23H29Cl2NO. The van der Waals surface area contributed by atoms with E-state index in [9.17, 15) is 4.79 Å². The molecule has 1 aliphatic rings. The predicted molar refractivity (Wildman–Crippen MR) is 117 cm³/mol. The van der Waals surface area contributed by atoms with Crippen molar-refractivity contribution < 1.29 is 4.79 Å². The highest BCUT2D eigenvalue weighted by Crippen LogP contribution is 2.33. The van der Waals surface area contributed by atoms with Crippen molar-refractivity contribution in [2.45, 2.75) is 52.1 Å². The zero-order chi connectivity index (χ0) is 20.2. The molecule has 0 bridgehead atoms. The first kappa shape index (κ1) is 23.3. The highest BCUT2D eigenvalue weighted by atomic mass is 35.5. The molecular weight excluding hydrogens is 377 g/mol. The maximum atomic E-state index is 12.0. The van der Waals surface area contributed by atoms with Crippen molar-refractivity contribution in [1.82, 2.24) is 4.90 Å². The summed E-state index contributed by atoms with van der Waals surface area (Å²) in [6.45, 7) is 9.40. The lowest BCUT2D eigenvalue weighted by molar-refractivity contribution is -0.138. The largest absolute Gasteiger partial charge is 0.333 e. The Bertz CT molecular complexity index is 683. The molecule has 3 rings (SSSR count). The van der Waals surface area contributed by atoms with E-state index in [1.54, 1.807) is 6.08 Å². The van der Waals surface area contributed by atoms with Crippen LogP contribution in [0.1, 0.15) is 51.6 Å². The summed E-state index contributed by atoms with van der Waals surface area (Å²) in [5.74, 6) is 0.270. The monoisotopic (exact) mass is 405 g/mol. The zero-order valence-corrected chi connectivity index (χ0v) is 17.9. The van der Waals surface area contributed by atoms with Gasteiger partial charge in [-0.1, -0.05) is 59.6 Å². The van der Waals surface area contributed by atoms with Gasteiger partial charge in [0.2, 0.25) is 5.91 Å². The summed E-state index contributed by atoms with van der Waals surface area (Å²) in [6, 6.07) is 17.8. The molecule has 0 radical (unpaired) electrons. The highest BCUT2D eigenvalue weighted by molar-refractivity contribution is 6.30. The Morgan fingerprint density at radius 1 is 1.04 bits per heavy atom. The van der Waals surface area contributed by atoms with E-state index in [0.717, 1.165) is 22.9 Å². The van der Waals surface area contributed by atoms with E-state index in [1.807, 2.05) is 66.4 Å². The van der Waals surface area contributed by atoms with Gasteiger partial charge in [-0.05, 0) is 63.4 Å². The van der Waals surface area contributed by atoms with Crippen LogP contribution in [-0.2, 0) is 4.79 Å². The number of carbonyl (C=O) groups excluding carboxylic acids is 1. The second-order valence-electron chi connectivity index (χ2n) is 6.56. The van der Waals surface area contributed by atoms with Gasteiger partial charge in [0.15, 0.2) is 0 Å². The van der Waals surface area contributed by atoms with Gasteiger partial charge in [0.05, 0.1) is 6.04 Å². The molecule has 1 amide bonds. The number of rotatable bonds is 2. The molecule has 0 spiro atoms. The second kappa shape index (κ2) is 12.6. The first-order chi connectivity index (χ1) is 12.9. The number of carbonyl (C=O) groups is 1. The Kier molecular flexibility index (Phi) is 10.8. The van der Waals surface area contributed by atoms with E-state index in [4.69, 9.17) is 23.2 Å². The SMILES string of the molecule is C=CC.CC(C)N1C(=O)CCCC1c1ccc(Cl)cc1.Clc1ccccc1. The number of benzene rings is 2. The van der Waals surface area contributed by atoms with E-state index in [0.29, 0.717) is 6.42 Å². The summed E-state index contributed by atoms with van der Waals surface area (Å²) < 4.78 is 0. The lowest BCUT2D eigenvalue weighted by Crippen LogP contribution is -2.42. The molecule has 146 valence electrons. The van der Waals surface area contributed by atoms with E-state index >= 15 is 0 Å². The third-order valence-corrected chi connectivity index (χ3v) is 4.54. The van der Waals surface area contributed by atoms with Gasteiger partial charge in [-0.15, -0.1) is 6.58 Å². The van der Waals surface area contributed by atoms with Crippen LogP contribution < -0.4 is 0 Å². The first-order valence-electron chi connectivity index (χ1n) is 9.24. The van der Waals surface area contributed by atoms with Gasteiger partial charge in [0.1, 0.15) is 0 Å².